The van der Waals surface area contributed by atoms with Crippen LogP contribution in [0.2, 0.25) is 0 Å². The van der Waals surface area contributed by atoms with E-state index in [4.69, 9.17) is 12.2 Å². The maximum atomic E-state index is 5.55. The van der Waals surface area contributed by atoms with E-state index < -0.39 is 0 Å². The molecule has 2 aliphatic rings. The van der Waals surface area contributed by atoms with Gasteiger partial charge in [-0.1, -0.05) is 60.7 Å². The summed E-state index contributed by atoms with van der Waals surface area (Å²) < 4.78 is 0. The van der Waals surface area contributed by atoms with Crippen LogP contribution < -0.4 is 10.6 Å². The molecule has 4 heteroatoms. The van der Waals surface area contributed by atoms with Crippen molar-refractivity contribution in [2.75, 3.05) is 6.54 Å². The summed E-state index contributed by atoms with van der Waals surface area (Å²) in [6.07, 6.45) is 6.05. The van der Waals surface area contributed by atoms with Gasteiger partial charge in [0.2, 0.25) is 0 Å². The Morgan fingerprint density at radius 1 is 0.889 bits per heavy atom. The van der Waals surface area contributed by atoms with Crippen molar-refractivity contribution in [3.8, 4) is 0 Å². The van der Waals surface area contributed by atoms with E-state index in [1.807, 2.05) is 0 Å². The molecule has 27 heavy (non-hydrogen) atoms. The number of benzene rings is 2. The fourth-order valence-electron chi connectivity index (χ4n) is 4.65. The zero-order valence-corrected chi connectivity index (χ0v) is 16.6. The largest absolute Gasteiger partial charge is 0.362 e. The summed E-state index contributed by atoms with van der Waals surface area (Å²) in [4.78, 5) is 2.72. The number of piperidine rings is 1. The Morgan fingerprint density at radius 3 is 2.11 bits per heavy atom. The third-order valence-electron chi connectivity index (χ3n) is 5.97. The zero-order valence-electron chi connectivity index (χ0n) is 15.8. The van der Waals surface area contributed by atoms with Crippen LogP contribution in [0.5, 0.6) is 0 Å². The van der Waals surface area contributed by atoms with Crippen molar-refractivity contribution in [1.29, 1.82) is 0 Å². The molecule has 2 N–H and O–H groups in total. The molecule has 2 aromatic rings. The Bertz CT molecular complexity index is 720. The molecule has 0 saturated carbocycles. The van der Waals surface area contributed by atoms with E-state index in [0.29, 0.717) is 18.1 Å². The molecule has 0 amide bonds. The molecule has 0 aliphatic carbocycles. The second-order valence-electron chi connectivity index (χ2n) is 7.85. The standard InChI is InChI=1S/C23H29N3S/c27-23(24-14-13-18-7-3-1-4-8-18)25-20-15-21-11-12-22(16-20)26(21)17-19-9-5-2-6-10-19/h1-10,20-22H,11-17H2,(H2,24,25,27)/t21-,22-/m0/s1. The Hall–Kier alpha value is -1.91. The van der Waals surface area contributed by atoms with Gasteiger partial charge in [0.15, 0.2) is 5.11 Å². The lowest BCUT2D eigenvalue weighted by Gasteiger charge is -2.39. The first-order valence-corrected chi connectivity index (χ1v) is 10.6. The maximum Gasteiger partial charge on any atom is 0.166 e. The van der Waals surface area contributed by atoms with Crippen LogP contribution in [0.15, 0.2) is 60.7 Å². The van der Waals surface area contributed by atoms with E-state index in [0.717, 1.165) is 24.6 Å². The van der Waals surface area contributed by atoms with Crippen LogP contribution in [0.25, 0.3) is 0 Å². The second kappa shape index (κ2) is 8.85. The lowest BCUT2D eigenvalue weighted by molar-refractivity contribution is 0.115. The highest BCUT2D eigenvalue weighted by Crippen LogP contribution is 2.36. The van der Waals surface area contributed by atoms with Crippen molar-refractivity contribution < 1.29 is 0 Å². The van der Waals surface area contributed by atoms with Gasteiger partial charge in [-0.05, 0) is 55.4 Å². The summed E-state index contributed by atoms with van der Waals surface area (Å²) in [5.41, 5.74) is 2.78. The molecule has 2 aromatic carbocycles. The van der Waals surface area contributed by atoms with E-state index in [2.05, 4.69) is 76.2 Å². The van der Waals surface area contributed by atoms with Gasteiger partial charge in [0.05, 0.1) is 0 Å². The van der Waals surface area contributed by atoms with Gasteiger partial charge in [-0.25, -0.2) is 0 Å². The molecule has 2 atom stereocenters. The topological polar surface area (TPSA) is 27.3 Å². The van der Waals surface area contributed by atoms with Crippen molar-refractivity contribution >= 4 is 17.3 Å². The normalized spacial score (nSPS) is 24.5. The number of rotatable bonds is 6. The Labute approximate surface area is 168 Å². The monoisotopic (exact) mass is 379 g/mol. The van der Waals surface area contributed by atoms with Gasteiger partial charge in [0.1, 0.15) is 0 Å². The van der Waals surface area contributed by atoms with Crippen LogP contribution in [0, 0.1) is 0 Å². The molecule has 2 aliphatic heterocycles. The van der Waals surface area contributed by atoms with Gasteiger partial charge < -0.3 is 10.6 Å². The first-order chi connectivity index (χ1) is 13.3. The molecule has 0 spiro atoms. The van der Waals surface area contributed by atoms with Crippen molar-refractivity contribution in [3.63, 3.8) is 0 Å². The number of nitrogens with one attached hydrogen (secondary N) is 2. The molecular weight excluding hydrogens is 350 g/mol. The van der Waals surface area contributed by atoms with E-state index in [1.165, 1.54) is 36.8 Å². The van der Waals surface area contributed by atoms with Crippen LogP contribution in [0.3, 0.4) is 0 Å². The molecular formula is C23H29N3S. The third-order valence-corrected chi connectivity index (χ3v) is 6.23. The van der Waals surface area contributed by atoms with Gasteiger partial charge >= 0.3 is 0 Å². The van der Waals surface area contributed by atoms with E-state index >= 15 is 0 Å². The highest BCUT2D eigenvalue weighted by Gasteiger charge is 2.40. The van der Waals surface area contributed by atoms with E-state index in [-0.39, 0.29) is 0 Å². The van der Waals surface area contributed by atoms with Crippen molar-refractivity contribution in [2.24, 2.45) is 0 Å². The molecule has 2 fully saturated rings. The number of hydrogen-bond donors (Lipinski definition) is 2. The molecule has 0 radical (unpaired) electrons. The van der Waals surface area contributed by atoms with Crippen molar-refractivity contribution in [1.82, 2.24) is 15.5 Å². The van der Waals surface area contributed by atoms with Gasteiger partial charge in [-0.2, -0.15) is 0 Å². The minimum absolute atomic E-state index is 0.506. The van der Waals surface area contributed by atoms with Gasteiger partial charge in [-0.3, -0.25) is 4.90 Å². The number of thiocarbonyl (C=S) groups is 1. The molecule has 4 rings (SSSR count). The molecule has 3 nitrogen and oxygen atoms in total. The Balaban J connectivity index is 1.23. The fraction of sp³-hybridized carbons (Fsp3) is 0.435. The molecule has 0 unspecified atom stereocenters. The molecule has 2 heterocycles. The van der Waals surface area contributed by atoms with Crippen LogP contribution in [0.4, 0.5) is 0 Å². The quantitative estimate of drug-likeness (QED) is 0.745. The summed E-state index contributed by atoms with van der Waals surface area (Å²) in [5, 5.41) is 7.78. The SMILES string of the molecule is S=C(NCCc1ccccc1)NC1C[C@@H]2CC[C@@H](C1)N2Cc1ccccc1. The van der Waals surface area contributed by atoms with Crippen molar-refractivity contribution in [2.45, 2.75) is 56.8 Å². The summed E-state index contributed by atoms with van der Waals surface area (Å²) in [5.74, 6) is 0. The average Bonchev–Trinajstić information content (AvgIpc) is 2.92. The Morgan fingerprint density at radius 2 is 1.48 bits per heavy atom. The predicted molar refractivity (Wildman–Crippen MR) is 116 cm³/mol. The molecule has 142 valence electrons. The van der Waals surface area contributed by atoms with E-state index in [1.54, 1.807) is 0 Å². The minimum atomic E-state index is 0.506. The number of hydrogen-bond acceptors (Lipinski definition) is 2. The smallest absolute Gasteiger partial charge is 0.166 e. The first-order valence-electron chi connectivity index (χ1n) is 10.2. The minimum Gasteiger partial charge on any atom is -0.362 e. The Kier molecular flexibility index (Phi) is 6.05. The zero-order chi connectivity index (χ0) is 18.5. The second-order valence-corrected chi connectivity index (χ2v) is 8.26. The molecule has 0 aromatic heterocycles. The lowest BCUT2D eigenvalue weighted by atomic mass is 9.96. The van der Waals surface area contributed by atoms with E-state index in [9.17, 15) is 0 Å². The molecule has 2 bridgehead atoms. The van der Waals surface area contributed by atoms with Crippen LogP contribution in [-0.2, 0) is 13.0 Å². The maximum absolute atomic E-state index is 5.55. The number of fused-ring (bicyclic) bond motifs is 2. The van der Waals surface area contributed by atoms with Gasteiger partial charge in [0.25, 0.3) is 0 Å². The van der Waals surface area contributed by atoms with Crippen LogP contribution >= 0.6 is 12.2 Å². The molecule has 2 saturated heterocycles. The number of nitrogens with zero attached hydrogens (tertiary/aromatic N) is 1. The highest BCUT2D eigenvalue weighted by molar-refractivity contribution is 7.80. The highest BCUT2D eigenvalue weighted by atomic mass is 32.1. The van der Waals surface area contributed by atoms with Crippen LogP contribution in [0.1, 0.15) is 36.8 Å². The van der Waals surface area contributed by atoms with Gasteiger partial charge in [0, 0.05) is 31.2 Å². The first kappa shape index (κ1) is 18.5. The summed E-state index contributed by atoms with van der Waals surface area (Å²) >= 11 is 5.55. The van der Waals surface area contributed by atoms with Gasteiger partial charge in [-0.15, -0.1) is 0 Å². The van der Waals surface area contributed by atoms with Crippen molar-refractivity contribution in [3.05, 3.63) is 71.8 Å². The summed E-state index contributed by atoms with van der Waals surface area (Å²) in [6.45, 7) is 1.97. The average molecular weight is 380 g/mol. The lowest BCUT2D eigenvalue weighted by Crippen LogP contribution is -2.52. The third kappa shape index (κ3) is 4.88. The predicted octanol–water partition coefficient (Wildman–Crippen LogP) is 3.89. The summed E-state index contributed by atoms with van der Waals surface area (Å²) in [6, 6.07) is 23.3. The fourth-order valence-corrected chi connectivity index (χ4v) is 4.91. The van der Waals surface area contributed by atoms with Crippen LogP contribution in [-0.4, -0.2) is 34.7 Å². The summed E-state index contributed by atoms with van der Waals surface area (Å²) in [7, 11) is 0.